The highest BCUT2D eigenvalue weighted by Gasteiger charge is 2.29. The second kappa shape index (κ2) is 3.12. The number of carbonyl (C=O) groups is 1. The summed E-state index contributed by atoms with van der Waals surface area (Å²) in [6.07, 6.45) is 2.57. The third-order valence-electron chi connectivity index (χ3n) is 2.41. The zero-order valence-corrected chi connectivity index (χ0v) is 7.47. The Morgan fingerprint density at radius 2 is 2.38 bits per heavy atom. The average molecular weight is 177 g/mol. The standard InChI is InChI=1S/C9H11N3O/c1-7-2-3-10-11-9(7)8-4-12(5-8)6-13/h2-3,6,8H,4-5H2,1H3. The summed E-state index contributed by atoms with van der Waals surface area (Å²) in [6.45, 7) is 3.58. The molecule has 2 heterocycles. The van der Waals surface area contributed by atoms with Crippen LogP contribution < -0.4 is 0 Å². The van der Waals surface area contributed by atoms with Gasteiger partial charge in [0.25, 0.3) is 0 Å². The van der Waals surface area contributed by atoms with Gasteiger partial charge < -0.3 is 4.90 Å². The quantitative estimate of drug-likeness (QED) is 0.612. The van der Waals surface area contributed by atoms with Gasteiger partial charge in [-0.05, 0) is 18.6 Å². The minimum Gasteiger partial charge on any atom is -0.344 e. The van der Waals surface area contributed by atoms with Crippen LogP contribution in [0.2, 0.25) is 0 Å². The van der Waals surface area contributed by atoms with Crippen LogP contribution in [0.15, 0.2) is 12.3 Å². The molecule has 68 valence electrons. The van der Waals surface area contributed by atoms with Crippen molar-refractivity contribution in [1.82, 2.24) is 15.1 Å². The fourth-order valence-electron chi connectivity index (χ4n) is 1.58. The summed E-state index contributed by atoms with van der Waals surface area (Å²) in [5.41, 5.74) is 2.19. The van der Waals surface area contributed by atoms with Gasteiger partial charge in [-0.2, -0.15) is 10.2 Å². The number of hydrogen-bond acceptors (Lipinski definition) is 3. The fourth-order valence-corrected chi connectivity index (χ4v) is 1.58. The van der Waals surface area contributed by atoms with Crippen molar-refractivity contribution in [1.29, 1.82) is 0 Å². The molecule has 1 amide bonds. The Hall–Kier alpha value is -1.45. The molecule has 13 heavy (non-hydrogen) atoms. The van der Waals surface area contributed by atoms with E-state index < -0.39 is 0 Å². The van der Waals surface area contributed by atoms with Gasteiger partial charge in [0.15, 0.2) is 0 Å². The van der Waals surface area contributed by atoms with Crippen molar-refractivity contribution in [3.8, 4) is 0 Å². The number of amides is 1. The highest BCUT2D eigenvalue weighted by molar-refractivity contribution is 5.50. The second-order valence-corrected chi connectivity index (χ2v) is 3.36. The van der Waals surface area contributed by atoms with Gasteiger partial charge in [0, 0.05) is 25.2 Å². The lowest BCUT2D eigenvalue weighted by atomic mass is 9.94. The molecule has 1 aliphatic heterocycles. The van der Waals surface area contributed by atoms with Gasteiger partial charge in [0.2, 0.25) is 6.41 Å². The van der Waals surface area contributed by atoms with Gasteiger partial charge in [-0.25, -0.2) is 0 Å². The molecule has 4 nitrogen and oxygen atoms in total. The number of carbonyl (C=O) groups excluding carboxylic acids is 1. The van der Waals surface area contributed by atoms with E-state index in [-0.39, 0.29) is 0 Å². The lowest BCUT2D eigenvalue weighted by Crippen LogP contribution is -2.44. The first-order chi connectivity index (χ1) is 6.31. The molecule has 0 atom stereocenters. The molecule has 0 radical (unpaired) electrons. The predicted octanol–water partition coefficient (Wildman–Crippen LogP) is 0.341. The monoisotopic (exact) mass is 177 g/mol. The summed E-state index contributed by atoms with van der Waals surface area (Å²) in [4.78, 5) is 12.1. The van der Waals surface area contributed by atoms with Crippen molar-refractivity contribution >= 4 is 6.41 Å². The van der Waals surface area contributed by atoms with Crippen molar-refractivity contribution in [2.45, 2.75) is 12.8 Å². The Kier molecular flexibility index (Phi) is 1.96. The van der Waals surface area contributed by atoms with Crippen molar-refractivity contribution in [2.24, 2.45) is 0 Å². The highest BCUT2D eigenvalue weighted by atomic mass is 16.1. The molecule has 0 unspecified atom stereocenters. The summed E-state index contributed by atoms with van der Waals surface area (Å²) < 4.78 is 0. The van der Waals surface area contributed by atoms with E-state index in [9.17, 15) is 4.79 Å². The molecule has 1 fully saturated rings. The maximum Gasteiger partial charge on any atom is 0.209 e. The average Bonchev–Trinajstić information content (AvgIpc) is 2.06. The normalized spacial score (nSPS) is 16.8. The molecule has 1 aromatic heterocycles. The number of nitrogens with zero attached hydrogens (tertiary/aromatic N) is 3. The van der Waals surface area contributed by atoms with E-state index in [1.54, 1.807) is 11.1 Å². The molecule has 0 saturated carbocycles. The number of hydrogen-bond donors (Lipinski definition) is 0. The lowest BCUT2D eigenvalue weighted by Gasteiger charge is -2.36. The Balaban J connectivity index is 2.11. The number of aromatic nitrogens is 2. The van der Waals surface area contributed by atoms with Crippen molar-refractivity contribution in [2.75, 3.05) is 13.1 Å². The van der Waals surface area contributed by atoms with Crippen molar-refractivity contribution in [3.63, 3.8) is 0 Å². The van der Waals surface area contributed by atoms with E-state index in [2.05, 4.69) is 10.2 Å². The first kappa shape index (κ1) is 8.16. The van der Waals surface area contributed by atoms with Crippen LogP contribution in [0.3, 0.4) is 0 Å². The molecule has 1 saturated heterocycles. The second-order valence-electron chi connectivity index (χ2n) is 3.36. The van der Waals surface area contributed by atoms with Crippen LogP contribution in [-0.4, -0.2) is 34.6 Å². The summed E-state index contributed by atoms with van der Waals surface area (Å²) in [6, 6.07) is 1.95. The molecule has 0 aliphatic carbocycles. The van der Waals surface area contributed by atoms with E-state index in [4.69, 9.17) is 0 Å². The molecule has 1 aliphatic rings. The van der Waals surface area contributed by atoms with E-state index in [1.807, 2.05) is 13.0 Å². The molecule has 1 aromatic rings. The minimum absolute atomic E-state index is 0.388. The molecular weight excluding hydrogens is 166 g/mol. The molecule has 2 rings (SSSR count). The number of rotatable bonds is 2. The smallest absolute Gasteiger partial charge is 0.209 e. The SMILES string of the molecule is Cc1ccnnc1C1CN(C=O)C1. The Bertz CT molecular complexity index is 320. The fraction of sp³-hybridized carbons (Fsp3) is 0.444. The van der Waals surface area contributed by atoms with Gasteiger partial charge in [-0.1, -0.05) is 0 Å². The van der Waals surface area contributed by atoms with Crippen LogP contribution >= 0.6 is 0 Å². The summed E-state index contributed by atoms with van der Waals surface area (Å²) >= 11 is 0. The molecule has 0 aromatic carbocycles. The summed E-state index contributed by atoms with van der Waals surface area (Å²) in [5, 5.41) is 7.92. The predicted molar refractivity (Wildman–Crippen MR) is 47.1 cm³/mol. The lowest BCUT2D eigenvalue weighted by molar-refractivity contribution is -0.122. The number of likely N-dealkylation sites (tertiary alicyclic amines) is 1. The molecular formula is C9H11N3O. The zero-order chi connectivity index (χ0) is 9.26. The van der Waals surface area contributed by atoms with Gasteiger partial charge in [-0.3, -0.25) is 4.79 Å². The molecule has 4 heteroatoms. The van der Waals surface area contributed by atoms with Crippen LogP contribution in [0.1, 0.15) is 17.2 Å². The Morgan fingerprint density at radius 1 is 1.62 bits per heavy atom. The maximum absolute atomic E-state index is 10.3. The van der Waals surface area contributed by atoms with Gasteiger partial charge in [0.1, 0.15) is 0 Å². The molecule has 0 spiro atoms. The van der Waals surface area contributed by atoms with E-state index in [1.165, 1.54) is 0 Å². The Morgan fingerprint density at radius 3 is 3.00 bits per heavy atom. The topological polar surface area (TPSA) is 46.1 Å². The third kappa shape index (κ3) is 1.39. The first-order valence-corrected chi connectivity index (χ1v) is 4.29. The largest absolute Gasteiger partial charge is 0.344 e. The van der Waals surface area contributed by atoms with Gasteiger partial charge >= 0.3 is 0 Å². The van der Waals surface area contributed by atoms with E-state index in [0.717, 1.165) is 30.8 Å². The van der Waals surface area contributed by atoms with Crippen LogP contribution in [0, 0.1) is 6.92 Å². The maximum atomic E-state index is 10.3. The third-order valence-corrected chi connectivity index (χ3v) is 2.41. The van der Waals surface area contributed by atoms with E-state index in [0.29, 0.717) is 5.92 Å². The van der Waals surface area contributed by atoms with Crippen LogP contribution in [0.25, 0.3) is 0 Å². The Labute approximate surface area is 76.6 Å². The van der Waals surface area contributed by atoms with Gasteiger partial charge in [-0.15, -0.1) is 0 Å². The summed E-state index contributed by atoms with van der Waals surface area (Å²) in [7, 11) is 0. The number of aryl methyl sites for hydroxylation is 1. The van der Waals surface area contributed by atoms with Crippen molar-refractivity contribution < 1.29 is 4.79 Å². The molecule has 0 bridgehead atoms. The zero-order valence-electron chi connectivity index (χ0n) is 7.47. The van der Waals surface area contributed by atoms with Crippen molar-refractivity contribution in [3.05, 3.63) is 23.5 Å². The van der Waals surface area contributed by atoms with Gasteiger partial charge in [0.05, 0.1) is 5.69 Å². The summed E-state index contributed by atoms with van der Waals surface area (Å²) in [5.74, 6) is 0.388. The van der Waals surface area contributed by atoms with Crippen LogP contribution in [-0.2, 0) is 4.79 Å². The van der Waals surface area contributed by atoms with Crippen LogP contribution in [0.4, 0.5) is 0 Å². The van der Waals surface area contributed by atoms with E-state index >= 15 is 0 Å². The highest BCUT2D eigenvalue weighted by Crippen LogP contribution is 2.25. The molecule has 0 N–H and O–H groups in total. The van der Waals surface area contributed by atoms with Crippen LogP contribution in [0.5, 0.6) is 0 Å². The minimum atomic E-state index is 0.388. The first-order valence-electron chi connectivity index (χ1n) is 4.29.